The lowest BCUT2D eigenvalue weighted by Gasteiger charge is -2.47. The van der Waals surface area contributed by atoms with Crippen LogP contribution >= 0.6 is 11.6 Å². The average molecular weight is 514 g/mol. The fraction of sp³-hybridized carbons (Fsp3) is 0.267. The molecule has 1 fully saturated rings. The molecule has 4 aromatic rings. The molecule has 1 N–H and O–H groups in total. The smallest absolute Gasteiger partial charge is 0.246 e. The number of aromatic amines is 1. The number of ether oxygens (including phenoxy) is 1. The molecule has 37 heavy (non-hydrogen) atoms. The van der Waals surface area contributed by atoms with Crippen LogP contribution in [0.3, 0.4) is 0 Å². The van der Waals surface area contributed by atoms with Crippen molar-refractivity contribution in [3.05, 3.63) is 100 Å². The van der Waals surface area contributed by atoms with Crippen molar-refractivity contribution in [3.8, 4) is 5.75 Å². The van der Waals surface area contributed by atoms with Gasteiger partial charge in [-0.25, -0.2) is 0 Å². The first-order valence-electron chi connectivity index (χ1n) is 12.7. The summed E-state index contributed by atoms with van der Waals surface area (Å²) in [6.45, 7) is 3.00. The summed E-state index contributed by atoms with van der Waals surface area (Å²) >= 11 is 6.02. The Hall–Kier alpha value is -3.77. The van der Waals surface area contributed by atoms with Crippen LogP contribution in [0.4, 0.5) is 0 Å². The van der Waals surface area contributed by atoms with Crippen LogP contribution in [-0.4, -0.2) is 52.3 Å². The highest BCUT2D eigenvalue weighted by atomic mass is 35.5. The number of carbonyl (C=O) groups excluding carboxylic acids is 2. The van der Waals surface area contributed by atoms with Gasteiger partial charge in [0, 0.05) is 40.1 Å². The van der Waals surface area contributed by atoms with Gasteiger partial charge >= 0.3 is 0 Å². The minimum absolute atomic E-state index is 0.0108. The number of nitrogens with one attached hydrogen (secondary N) is 1. The van der Waals surface area contributed by atoms with E-state index in [4.69, 9.17) is 16.3 Å². The zero-order valence-electron chi connectivity index (χ0n) is 20.6. The van der Waals surface area contributed by atoms with Gasteiger partial charge in [-0.1, -0.05) is 60.1 Å². The van der Waals surface area contributed by atoms with Crippen LogP contribution in [0.1, 0.15) is 35.3 Å². The third-order valence-electron chi connectivity index (χ3n) is 7.44. The number of hydrogen-bond donors (Lipinski definition) is 1. The summed E-state index contributed by atoms with van der Waals surface area (Å²) in [5.74, 6) is 0.662. The van der Waals surface area contributed by atoms with Crippen molar-refractivity contribution >= 4 is 34.3 Å². The van der Waals surface area contributed by atoms with Gasteiger partial charge in [0.05, 0.1) is 13.2 Å². The Morgan fingerprint density at radius 1 is 1.00 bits per heavy atom. The van der Waals surface area contributed by atoms with Gasteiger partial charge in [-0.15, -0.1) is 0 Å². The van der Waals surface area contributed by atoms with E-state index >= 15 is 0 Å². The SMILES string of the molecule is CCOc1ccccc1[C@H]1c2[nH]c3ccccc3c2C[C@H]2C(=O)N(CCc3ccc(Cl)cc3)CC(=O)N12. The maximum absolute atomic E-state index is 13.9. The Kier molecular flexibility index (Phi) is 6.13. The van der Waals surface area contributed by atoms with Crippen molar-refractivity contribution in [2.24, 2.45) is 0 Å². The molecule has 0 saturated carbocycles. The van der Waals surface area contributed by atoms with Gasteiger partial charge in [0.15, 0.2) is 0 Å². The molecule has 2 aliphatic rings. The molecule has 0 spiro atoms. The second kappa shape index (κ2) is 9.60. The van der Waals surface area contributed by atoms with E-state index in [0.717, 1.165) is 39.0 Å². The molecule has 188 valence electrons. The summed E-state index contributed by atoms with van der Waals surface area (Å²) < 4.78 is 5.98. The van der Waals surface area contributed by atoms with Crippen LogP contribution in [0.25, 0.3) is 10.9 Å². The molecule has 7 heteroatoms. The van der Waals surface area contributed by atoms with Crippen molar-refractivity contribution in [3.63, 3.8) is 0 Å². The lowest BCUT2D eigenvalue weighted by Crippen LogP contribution is -2.63. The number of fused-ring (bicyclic) bond motifs is 4. The number of H-pyrrole nitrogens is 1. The van der Waals surface area contributed by atoms with Gasteiger partial charge in [0.1, 0.15) is 17.8 Å². The van der Waals surface area contributed by atoms with Gasteiger partial charge in [-0.3, -0.25) is 9.59 Å². The van der Waals surface area contributed by atoms with E-state index in [1.807, 2.05) is 73.7 Å². The number of aromatic nitrogens is 1. The minimum atomic E-state index is -0.571. The number of amides is 2. The van der Waals surface area contributed by atoms with E-state index < -0.39 is 12.1 Å². The molecule has 0 radical (unpaired) electrons. The number of para-hydroxylation sites is 2. The van der Waals surface area contributed by atoms with Crippen LogP contribution in [-0.2, 0) is 22.4 Å². The summed E-state index contributed by atoms with van der Waals surface area (Å²) in [6.07, 6.45) is 1.15. The monoisotopic (exact) mass is 513 g/mol. The molecule has 3 heterocycles. The van der Waals surface area contributed by atoms with Crippen molar-refractivity contribution in [1.29, 1.82) is 0 Å². The Labute approximate surface area is 220 Å². The minimum Gasteiger partial charge on any atom is -0.494 e. The van der Waals surface area contributed by atoms with Gasteiger partial charge in [-0.2, -0.15) is 0 Å². The first-order chi connectivity index (χ1) is 18.0. The number of halogens is 1. The number of piperazine rings is 1. The number of carbonyl (C=O) groups is 2. The molecule has 0 unspecified atom stereocenters. The summed E-state index contributed by atoms with van der Waals surface area (Å²) in [6, 6.07) is 22.6. The summed E-state index contributed by atoms with van der Waals surface area (Å²) in [5, 5.41) is 1.77. The molecule has 1 aromatic heterocycles. The van der Waals surface area contributed by atoms with Crippen LogP contribution < -0.4 is 4.74 Å². The molecular formula is C30H28ClN3O3. The molecule has 1 saturated heterocycles. The second-order valence-corrected chi connectivity index (χ2v) is 10.0. The normalized spacial score (nSPS) is 19.2. The molecule has 6 nitrogen and oxygen atoms in total. The average Bonchev–Trinajstić information content (AvgIpc) is 3.29. The maximum Gasteiger partial charge on any atom is 0.246 e. The standard InChI is InChI=1S/C30H28ClN3O3/c1-2-37-26-10-6-4-8-22(26)29-28-23(21-7-3-5-9-24(21)32-28)17-25-30(36)33(18-27(35)34(25)29)16-15-19-11-13-20(31)14-12-19/h3-14,25,29,32H,2,15-18H2,1H3/t25-,29-/m0/s1. The van der Waals surface area contributed by atoms with E-state index in [0.29, 0.717) is 31.0 Å². The molecule has 2 aliphatic heterocycles. The largest absolute Gasteiger partial charge is 0.494 e. The highest BCUT2D eigenvalue weighted by Gasteiger charge is 2.48. The van der Waals surface area contributed by atoms with Crippen LogP contribution in [0.2, 0.25) is 5.02 Å². The van der Waals surface area contributed by atoms with Gasteiger partial charge < -0.3 is 19.5 Å². The number of hydrogen-bond acceptors (Lipinski definition) is 3. The zero-order chi connectivity index (χ0) is 25.5. The zero-order valence-corrected chi connectivity index (χ0v) is 21.4. The third kappa shape index (κ3) is 4.15. The molecular weight excluding hydrogens is 486 g/mol. The number of rotatable bonds is 6. The van der Waals surface area contributed by atoms with E-state index in [-0.39, 0.29) is 18.4 Å². The third-order valence-corrected chi connectivity index (χ3v) is 7.69. The summed E-state index contributed by atoms with van der Waals surface area (Å²) in [4.78, 5) is 34.8. The van der Waals surface area contributed by atoms with Crippen molar-refractivity contribution < 1.29 is 14.3 Å². The first-order valence-corrected chi connectivity index (χ1v) is 13.1. The van der Waals surface area contributed by atoms with E-state index in [2.05, 4.69) is 11.1 Å². The highest BCUT2D eigenvalue weighted by molar-refractivity contribution is 6.30. The second-order valence-electron chi connectivity index (χ2n) is 9.59. The fourth-order valence-electron chi connectivity index (χ4n) is 5.75. The van der Waals surface area contributed by atoms with Crippen molar-refractivity contribution in [2.75, 3.05) is 19.7 Å². The summed E-state index contributed by atoms with van der Waals surface area (Å²) in [5.41, 5.74) is 5.02. The Bertz CT molecular complexity index is 1480. The van der Waals surface area contributed by atoms with E-state index in [9.17, 15) is 9.59 Å². The van der Waals surface area contributed by atoms with Gasteiger partial charge in [0.25, 0.3) is 0 Å². The van der Waals surface area contributed by atoms with E-state index in [1.54, 1.807) is 9.80 Å². The predicted molar refractivity (Wildman–Crippen MR) is 144 cm³/mol. The first kappa shape index (κ1) is 23.6. The molecule has 0 bridgehead atoms. The van der Waals surface area contributed by atoms with Gasteiger partial charge in [0.2, 0.25) is 11.8 Å². The predicted octanol–water partition coefficient (Wildman–Crippen LogP) is 5.15. The van der Waals surface area contributed by atoms with Crippen molar-refractivity contribution in [2.45, 2.75) is 31.8 Å². The molecule has 6 rings (SSSR count). The molecule has 2 atom stereocenters. The molecule has 2 amide bonds. The Morgan fingerprint density at radius 3 is 2.57 bits per heavy atom. The quantitative estimate of drug-likeness (QED) is 0.388. The maximum atomic E-state index is 13.9. The molecule has 3 aromatic carbocycles. The lowest BCUT2D eigenvalue weighted by molar-refractivity contribution is -0.158. The van der Waals surface area contributed by atoms with E-state index in [1.165, 1.54) is 0 Å². The topological polar surface area (TPSA) is 65.6 Å². The van der Waals surface area contributed by atoms with Crippen LogP contribution in [0, 0.1) is 0 Å². The lowest BCUT2D eigenvalue weighted by atomic mass is 9.86. The van der Waals surface area contributed by atoms with Crippen LogP contribution in [0.15, 0.2) is 72.8 Å². The van der Waals surface area contributed by atoms with Crippen LogP contribution in [0.5, 0.6) is 5.75 Å². The Morgan fingerprint density at radius 2 is 1.76 bits per heavy atom. The Balaban J connectivity index is 1.40. The number of nitrogens with zero attached hydrogens (tertiary/aromatic N) is 2. The number of benzene rings is 3. The molecule has 0 aliphatic carbocycles. The highest BCUT2D eigenvalue weighted by Crippen LogP contribution is 2.44. The fourth-order valence-corrected chi connectivity index (χ4v) is 5.87. The van der Waals surface area contributed by atoms with Crippen molar-refractivity contribution in [1.82, 2.24) is 14.8 Å². The van der Waals surface area contributed by atoms with Gasteiger partial charge in [-0.05, 0) is 48.7 Å². The summed E-state index contributed by atoms with van der Waals surface area (Å²) in [7, 11) is 0.